The number of carbonyl (C=O) groups excluding carboxylic acids is 1. The van der Waals surface area contributed by atoms with Crippen molar-refractivity contribution in [1.29, 1.82) is 0 Å². The highest BCUT2D eigenvalue weighted by atomic mass is 16.4. The third-order valence-corrected chi connectivity index (χ3v) is 4.02. The minimum atomic E-state index is -0.825. The molecule has 0 aromatic carbocycles. The molecule has 20 heavy (non-hydrogen) atoms. The number of carboxylic acid groups (broad SMARTS) is 1. The van der Waals surface area contributed by atoms with Crippen molar-refractivity contribution in [2.75, 3.05) is 19.6 Å². The molecule has 5 nitrogen and oxygen atoms in total. The van der Waals surface area contributed by atoms with E-state index in [1.54, 1.807) is 11.8 Å². The minimum absolute atomic E-state index is 0.00889. The van der Waals surface area contributed by atoms with Crippen LogP contribution in [0.5, 0.6) is 0 Å². The second kappa shape index (κ2) is 6.12. The van der Waals surface area contributed by atoms with Crippen molar-refractivity contribution >= 4 is 11.9 Å². The third kappa shape index (κ3) is 4.20. The molecule has 1 amide bonds. The van der Waals surface area contributed by atoms with Crippen LogP contribution in [0.4, 0.5) is 0 Å². The average Bonchev–Trinajstić information content (AvgIpc) is 2.34. The molecule has 2 atom stereocenters. The maximum atomic E-state index is 12.6. The summed E-state index contributed by atoms with van der Waals surface area (Å²) in [6.07, 6.45) is 2.09. The molecule has 0 aromatic rings. The molecule has 1 rings (SSSR count). The highest BCUT2D eigenvalue weighted by Gasteiger charge is 2.40. The first-order valence-electron chi connectivity index (χ1n) is 7.31. The lowest BCUT2D eigenvalue weighted by molar-refractivity contribution is -0.154. The maximum Gasteiger partial charge on any atom is 0.311 e. The molecule has 5 heteroatoms. The standard InChI is InChI=1S/C15H28N2O3/c1-14(2,3)8-11(9-16)12(18)17-7-5-6-15(4,10-17)13(19)20/h11H,5-10,16H2,1-4H3,(H,19,20). The van der Waals surface area contributed by atoms with E-state index in [9.17, 15) is 14.7 Å². The van der Waals surface area contributed by atoms with Crippen LogP contribution in [0, 0.1) is 16.7 Å². The van der Waals surface area contributed by atoms with Crippen molar-refractivity contribution in [1.82, 2.24) is 4.90 Å². The summed E-state index contributed by atoms with van der Waals surface area (Å²) < 4.78 is 0. The van der Waals surface area contributed by atoms with Crippen LogP contribution in [0.3, 0.4) is 0 Å². The molecule has 0 radical (unpaired) electrons. The lowest BCUT2D eigenvalue weighted by atomic mass is 9.80. The predicted octanol–water partition coefficient (Wildman–Crippen LogP) is 1.71. The molecule has 0 bridgehead atoms. The van der Waals surface area contributed by atoms with Crippen molar-refractivity contribution in [3.63, 3.8) is 0 Å². The zero-order chi connectivity index (χ0) is 15.6. The molecule has 3 N–H and O–H groups in total. The average molecular weight is 284 g/mol. The third-order valence-electron chi connectivity index (χ3n) is 4.02. The Kier molecular flexibility index (Phi) is 5.19. The zero-order valence-corrected chi connectivity index (χ0v) is 13.1. The maximum absolute atomic E-state index is 12.6. The Hall–Kier alpha value is -1.10. The molecule has 1 fully saturated rings. The van der Waals surface area contributed by atoms with Gasteiger partial charge >= 0.3 is 5.97 Å². The van der Waals surface area contributed by atoms with Gasteiger partial charge in [-0.15, -0.1) is 0 Å². The van der Waals surface area contributed by atoms with Crippen LogP contribution in [0.25, 0.3) is 0 Å². The van der Waals surface area contributed by atoms with E-state index in [-0.39, 0.29) is 17.2 Å². The van der Waals surface area contributed by atoms with Gasteiger partial charge in [0.2, 0.25) is 5.91 Å². The number of carbonyl (C=O) groups is 2. The Bertz CT molecular complexity index is 376. The minimum Gasteiger partial charge on any atom is -0.481 e. The molecule has 1 aliphatic heterocycles. The van der Waals surface area contributed by atoms with Crippen molar-refractivity contribution in [3.8, 4) is 0 Å². The quantitative estimate of drug-likeness (QED) is 0.823. The summed E-state index contributed by atoms with van der Waals surface area (Å²) in [4.78, 5) is 25.6. The van der Waals surface area contributed by atoms with E-state index in [1.165, 1.54) is 0 Å². The second-order valence-electron chi connectivity index (χ2n) is 7.43. The summed E-state index contributed by atoms with van der Waals surface area (Å²) >= 11 is 0. The smallest absolute Gasteiger partial charge is 0.311 e. The molecule has 116 valence electrons. The largest absolute Gasteiger partial charge is 0.481 e. The number of hydrogen-bond donors (Lipinski definition) is 2. The summed E-state index contributed by atoms with van der Waals surface area (Å²) in [7, 11) is 0. The van der Waals surface area contributed by atoms with Gasteiger partial charge in [0.15, 0.2) is 0 Å². The van der Waals surface area contributed by atoms with E-state index in [1.807, 2.05) is 0 Å². The van der Waals surface area contributed by atoms with E-state index in [4.69, 9.17) is 5.73 Å². The molecule has 1 aliphatic rings. The molecule has 0 spiro atoms. The summed E-state index contributed by atoms with van der Waals surface area (Å²) in [6, 6.07) is 0. The van der Waals surface area contributed by atoms with Crippen molar-refractivity contribution in [2.45, 2.75) is 47.0 Å². The van der Waals surface area contributed by atoms with Crippen LogP contribution in [-0.4, -0.2) is 41.5 Å². The molecule has 0 aromatic heterocycles. The van der Waals surface area contributed by atoms with Gasteiger partial charge in [-0.25, -0.2) is 0 Å². The molecule has 1 saturated heterocycles. The number of nitrogens with zero attached hydrogens (tertiary/aromatic N) is 1. The Balaban J connectivity index is 2.77. The molecule has 2 unspecified atom stereocenters. The van der Waals surface area contributed by atoms with Gasteiger partial charge in [-0.05, 0) is 31.6 Å². The second-order valence-corrected chi connectivity index (χ2v) is 7.43. The van der Waals surface area contributed by atoms with Gasteiger partial charge < -0.3 is 15.7 Å². The number of hydrogen-bond acceptors (Lipinski definition) is 3. The number of nitrogens with two attached hydrogens (primary N) is 1. The fourth-order valence-electron chi connectivity index (χ4n) is 2.87. The highest BCUT2D eigenvalue weighted by molar-refractivity contribution is 5.81. The number of aliphatic carboxylic acids is 1. The molecule has 0 aliphatic carbocycles. The van der Waals surface area contributed by atoms with Crippen LogP contribution in [-0.2, 0) is 9.59 Å². The van der Waals surface area contributed by atoms with E-state index in [2.05, 4.69) is 20.8 Å². The number of piperidine rings is 1. The van der Waals surface area contributed by atoms with Crippen LogP contribution in [0.2, 0.25) is 0 Å². The van der Waals surface area contributed by atoms with Crippen LogP contribution in [0.15, 0.2) is 0 Å². The van der Waals surface area contributed by atoms with Crippen molar-refractivity contribution < 1.29 is 14.7 Å². The van der Waals surface area contributed by atoms with Gasteiger partial charge in [0.25, 0.3) is 0 Å². The Labute approximate surface area is 121 Å². The summed E-state index contributed by atoms with van der Waals surface area (Å²) in [6.45, 7) is 9.22. The van der Waals surface area contributed by atoms with Gasteiger partial charge in [0.1, 0.15) is 0 Å². The lowest BCUT2D eigenvalue weighted by Crippen LogP contribution is -2.51. The number of rotatable bonds is 4. The predicted molar refractivity (Wildman–Crippen MR) is 78.2 cm³/mol. The fourth-order valence-corrected chi connectivity index (χ4v) is 2.87. The van der Waals surface area contributed by atoms with E-state index >= 15 is 0 Å². The van der Waals surface area contributed by atoms with Crippen LogP contribution < -0.4 is 5.73 Å². The number of amides is 1. The lowest BCUT2D eigenvalue weighted by Gasteiger charge is -2.39. The van der Waals surface area contributed by atoms with Gasteiger partial charge in [0.05, 0.1) is 11.3 Å². The van der Waals surface area contributed by atoms with Crippen molar-refractivity contribution in [3.05, 3.63) is 0 Å². The number of carboxylic acids is 1. The molecular formula is C15H28N2O3. The van der Waals surface area contributed by atoms with Gasteiger partial charge in [-0.3, -0.25) is 9.59 Å². The Morgan fingerprint density at radius 1 is 1.40 bits per heavy atom. The van der Waals surface area contributed by atoms with Crippen LogP contribution in [0.1, 0.15) is 47.0 Å². The van der Waals surface area contributed by atoms with Crippen LogP contribution >= 0.6 is 0 Å². The molecule has 1 heterocycles. The first kappa shape index (κ1) is 17.0. The first-order chi connectivity index (χ1) is 9.09. The summed E-state index contributed by atoms with van der Waals surface area (Å²) in [5.74, 6) is -1.03. The number of likely N-dealkylation sites (tertiary alicyclic amines) is 1. The monoisotopic (exact) mass is 284 g/mol. The summed E-state index contributed by atoms with van der Waals surface area (Å²) in [5.41, 5.74) is 4.96. The van der Waals surface area contributed by atoms with Gasteiger partial charge in [0, 0.05) is 19.6 Å². The van der Waals surface area contributed by atoms with E-state index in [0.717, 1.165) is 12.8 Å². The van der Waals surface area contributed by atoms with E-state index in [0.29, 0.717) is 26.1 Å². The van der Waals surface area contributed by atoms with Gasteiger partial charge in [-0.2, -0.15) is 0 Å². The zero-order valence-electron chi connectivity index (χ0n) is 13.1. The molecule has 0 saturated carbocycles. The van der Waals surface area contributed by atoms with Gasteiger partial charge in [-0.1, -0.05) is 20.8 Å². The first-order valence-corrected chi connectivity index (χ1v) is 7.31. The highest BCUT2D eigenvalue weighted by Crippen LogP contribution is 2.32. The summed E-state index contributed by atoms with van der Waals surface area (Å²) in [5, 5.41) is 9.32. The van der Waals surface area contributed by atoms with E-state index < -0.39 is 11.4 Å². The SMILES string of the molecule is CC(C)(C)CC(CN)C(=O)N1CCCC(C)(C(=O)O)C1. The molecular weight excluding hydrogens is 256 g/mol. The normalized spacial score (nSPS) is 25.4. The fraction of sp³-hybridized carbons (Fsp3) is 0.867. The topological polar surface area (TPSA) is 83.6 Å². The Morgan fingerprint density at radius 3 is 2.45 bits per heavy atom. The van der Waals surface area contributed by atoms with Crippen molar-refractivity contribution in [2.24, 2.45) is 22.5 Å². The Morgan fingerprint density at radius 2 is 2.00 bits per heavy atom.